The fraction of sp³-hybridized carbons (Fsp3) is 0.250. The molecular formula is C8H10ClNO3S. The highest BCUT2D eigenvalue weighted by Gasteiger charge is 2.14. The van der Waals surface area contributed by atoms with Crippen molar-refractivity contribution in [3.05, 3.63) is 23.8 Å². The number of benzene rings is 1. The van der Waals surface area contributed by atoms with Gasteiger partial charge in [-0.3, -0.25) is 0 Å². The molecule has 2 N–H and O–H groups in total. The third kappa shape index (κ3) is 2.37. The van der Waals surface area contributed by atoms with Crippen LogP contribution in [0.2, 0.25) is 0 Å². The number of primary sulfonamides is 1. The van der Waals surface area contributed by atoms with Gasteiger partial charge in [-0.2, -0.15) is 0 Å². The number of hydrogen-bond donors (Lipinski definition) is 1. The smallest absolute Gasteiger partial charge is 0.241 e. The van der Waals surface area contributed by atoms with Gasteiger partial charge in [0.15, 0.2) is 0 Å². The fourth-order valence-electron chi connectivity index (χ4n) is 1.03. The number of ether oxygens (including phenoxy) is 1. The van der Waals surface area contributed by atoms with Crippen molar-refractivity contribution in [2.75, 3.05) is 7.11 Å². The molecule has 1 aromatic rings. The molecule has 6 heteroatoms. The van der Waals surface area contributed by atoms with Crippen molar-refractivity contribution in [2.24, 2.45) is 5.14 Å². The van der Waals surface area contributed by atoms with Gasteiger partial charge in [-0.05, 0) is 17.7 Å². The summed E-state index contributed by atoms with van der Waals surface area (Å²) in [5, 5.41) is 5.01. The number of alkyl halides is 1. The van der Waals surface area contributed by atoms with Crippen LogP contribution in [0.1, 0.15) is 5.56 Å². The summed E-state index contributed by atoms with van der Waals surface area (Å²) in [6, 6.07) is 4.61. The Hall–Kier alpha value is -0.780. The van der Waals surface area contributed by atoms with Crippen molar-refractivity contribution >= 4 is 21.6 Å². The van der Waals surface area contributed by atoms with E-state index in [1.807, 2.05) is 0 Å². The van der Waals surface area contributed by atoms with E-state index in [2.05, 4.69) is 0 Å². The van der Waals surface area contributed by atoms with Gasteiger partial charge in [-0.1, -0.05) is 6.07 Å². The highest BCUT2D eigenvalue weighted by Crippen LogP contribution is 2.24. The number of nitrogens with two attached hydrogens (primary N) is 1. The maximum absolute atomic E-state index is 11.1. The van der Waals surface area contributed by atoms with Crippen LogP contribution in [-0.4, -0.2) is 15.5 Å². The molecule has 0 unspecified atom stereocenters. The second kappa shape index (κ2) is 4.16. The van der Waals surface area contributed by atoms with E-state index < -0.39 is 10.0 Å². The van der Waals surface area contributed by atoms with E-state index in [9.17, 15) is 8.42 Å². The van der Waals surface area contributed by atoms with Gasteiger partial charge in [0.2, 0.25) is 10.0 Å². The van der Waals surface area contributed by atoms with Gasteiger partial charge in [0, 0.05) is 5.88 Å². The highest BCUT2D eigenvalue weighted by atomic mass is 35.5. The molecule has 0 fully saturated rings. The molecule has 78 valence electrons. The largest absolute Gasteiger partial charge is 0.495 e. The average molecular weight is 236 g/mol. The van der Waals surface area contributed by atoms with Gasteiger partial charge < -0.3 is 4.74 Å². The van der Waals surface area contributed by atoms with Crippen LogP contribution in [0.4, 0.5) is 0 Å². The molecule has 0 aliphatic heterocycles. The number of halogens is 1. The minimum atomic E-state index is -3.76. The van der Waals surface area contributed by atoms with E-state index in [1.54, 1.807) is 6.07 Å². The number of rotatable bonds is 3. The van der Waals surface area contributed by atoms with Crippen molar-refractivity contribution in [1.82, 2.24) is 0 Å². The topological polar surface area (TPSA) is 69.4 Å². The molecule has 0 aliphatic rings. The van der Waals surface area contributed by atoms with Crippen LogP contribution >= 0.6 is 11.6 Å². The third-order valence-electron chi connectivity index (χ3n) is 1.69. The summed E-state index contributed by atoms with van der Waals surface area (Å²) in [6.45, 7) is 0. The molecule has 0 bridgehead atoms. The first-order chi connectivity index (χ1) is 6.49. The Bertz CT molecular complexity index is 430. The predicted molar refractivity (Wildman–Crippen MR) is 53.9 cm³/mol. The Labute approximate surface area is 87.7 Å². The third-order valence-corrected chi connectivity index (χ3v) is 2.93. The number of methoxy groups -OCH3 is 1. The molecule has 0 saturated carbocycles. The zero-order valence-corrected chi connectivity index (χ0v) is 9.10. The maximum atomic E-state index is 11.1. The number of hydrogen-bond acceptors (Lipinski definition) is 3. The van der Waals surface area contributed by atoms with Crippen molar-refractivity contribution in [3.8, 4) is 5.75 Å². The fourth-order valence-corrected chi connectivity index (χ4v) is 1.94. The first kappa shape index (κ1) is 11.3. The molecule has 0 amide bonds. The Balaban J connectivity index is 3.37. The van der Waals surface area contributed by atoms with Gasteiger partial charge in [0.25, 0.3) is 0 Å². The Morgan fingerprint density at radius 2 is 2.14 bits per heavy atom. The maximum Gasteiger partial charge on any atom is 0.241 e. The lowest BCUT2D eigenvalue weighted by molar-refractivity contribution is 0.402. The molecular weight excluding hydrogens is 226 g/mol. The Morgan fingerprint density at radius 3 is 2.57 bits per heavy atom. The standard InChI is InChI=1S/C8H10ClNO3S/c1-13-7-3-2-6(5-9)4-8(7)14(10,11)12/h2-4H,5H2,1H3,(H2,10,11,12). The van der Waals surface area contributed by atoms with E-state index in [4.69, 9.17) is 21.5 Å². The minimum absolute atomic E-state index is 0.0434. The lowest BCUT2D eigenvalue weighted by Crippen LogP contribution is -2.13. The zero-order valence-electron chi connectivity index (χ0n) is 7.53. The summed E-state index contributed by atoms with van der Waals surface area (Å²) >= 11 is 5.57. The lowest BCUT2D eigenvalue weighted by Gasteiger charge is -2.07. The van der Waals surface area contributed by atoms with Crippen LogP contribution in [0.15, 0.2) is 23.1 Å². The monoisotopic (exact) mass is 235 g/mol. The Morgan fingerprint density at radius 1 is 1.50 bits per heavy atom. The van der Waals surface area contributed by atoms with Gasteiger partial charge in [-0.25, -0.2) is 13.6 Å². The molecule has 0 aromatic heterocycles. The summed E-state index contributed by atoms with van der Waals surface area (Å²) in [7, 11) is -2.38. The highest BCUT2D eigenvalue weighted by molar-refractivity contribution is 7.89. The Kier molecular flexibility index (Phi) is 3.36. The van der Waals surface area contributed by atoms with Gasteiger partial charge in [0.1, 0.15) is 10.6 Å². The van der Waals surface area contributed by atoms with Crippen molar-refractivity contribution in [2.45, 2.75) is 10.8 Å². The lowest BCUT2D eigenvalue weighted by atomic mass is 10.2. The first-order valence-electron chi connectivity index (χ1n) is 3.74. The van der Waals surface area contributed by atoms with E-state index in [-0.39, 0.29) is 16.5 Å². The molecule has 0 heterocycles. The van der Waals surface area contributed by atoms with Crippen LogP contribution in [0.25, 0.3) is 0 Å². The summed E-state index contributed by atoms with van der Waals surface area (Å²) in [5.41, 5.74) is 0.677. The molecule has 0 saturated heterocycles. The van der Waals surface area contributed by atoms with Crippen molar-refractivity contribution in [1.29, 1.82) is 0 Å². The molecule has 0 spiro atoms. The molecule has 1 aromatic carbocycles. The van der Waals surface area contributed by atoms with Gasteiger partial charge >= 0.3 is 0 Å². The van der Waals surface area contributed by atoms with E-state index in [0.29, 0.717) is 5.56 Å². The van der Waals surface area contributed by atoms with E-state index >= 15 is 0 Å². The normalized spacial score (nSPS) is 11.4. The predicted octanol–water partition coefficient (Wildman–Crippen LogP) is 1.08. The quantitative estimate of drug-likeness (QED) is 0.798. The van der Waals surface area contributed by atoms with E-state index in [0.717, 1.165) is 0 Å². The van der Waals surface area contributed by atoms with Crippen LogP contribution < -0.4 is 9.88 Å². The number of sulfonamides is 1. The van der Waals surface area contributed by atoms with Crippen molar-refractivity contribution < 1.29 is 13.2 Å². The van der Waals surface area contributed by atoms with Crippen LogP contribution in [0.5, 0.6) is 5.75 Å². The second-order valence-electron chi connectivity index (χ2n) is 2.66. The summed E-state index contributed by atoms with van der Waals surface area (Å²) in [6.07, 6.45) is 0. The first-order valence-corrected chi connectivity index (χ1v) is 5.83. The SMILES string of the molecule is COc1ccc(CCl)cc1S(N)(=O)=O. The van der Waals surface area contributed by atoms with Crippen LogP contribution in [-0.2, 0) is 15.9 Å². The molecule has 1 rings (SSSR count). The molecule has 14 heavy (non-hydrogen) atoms. The molecule has 0 radical (unpaired) electrons. The zero-order chi connectivity index (χ0) is 10.8. The summed E-state index contributed by atoms with van der Waals surface area (Å²) < 4.78 is 27.1. The molecule has 4 nitrogen and oxygen atoms in total. The van der Waals surface area contributed by atoms with Gasteiger partial charge in [0.05, 0.1) is 7.11 Å². The van der Waals surface area contributed by atoms with Crippen LogP contribution in [0, 0.1) is 0 Å². The van der Waals surface area contributed by atoms with Crippen LogP contribution in [0.3, 0.4) is 0 Å². The second-order valence-corrected chi connectivity index (χ2v) is 4.46. The van der Waals surface area contributed by atoms with E-state index in [1.165, 1.54) is 19.2 Å². The summed E-state index contributed by atoms with van der Waals surface area (Å²) in [4.78, 5) is -0.0434. The van der Waals surface area contributed by atoms with Crippen molar-refractivity contribution in [3.63, 3.8) is 0 Å². The minimum Gasteiger partial charge on any atom is -0.495 e. The average Bonchev–Trinajstić information content (AvgIpc) is 2.15. The molecule has 0 aliphatic carbocycles. The summed E-state index contributed by atoms with van der Waals surface area (Å²) in [5.74, 6) is 0.452. The van der Waals surface area contributed by atoms with Gasteiger partial charge in [-0.15, -0.1) is 11.6 Å². The molecule has 0 atom stereocenters.